The van der Waals surface area contributed by atoms with E-state index in [-0.39, 0.29) is 0 Å². The van der Waals surface area contributed by atoms with Crippen LogP contribution in [0.4, 0.5) is 0 Å². The first-order valence-electron chi connectivity index (χ1n) is 8.30. The lowest BCUT2D eigenvalue weighted by Gasteiger charge is -2.09. The number of nitrogens with zero attached hydrogens (tertiary/aromatic N) is 4. The molecule has 6 heteroatoms. The second-order valence-corrected chi connectivity index (χ2v) is 13.6. The maximum Gasteiger partial charge on any atom is 0.106 e. The van der Waals surface area contributed by atoms with Gasteiger partial charge in [-0.2, -0.15) is 0 Å². The van der Waals surface area contributed by atoms with Crippen LogP contribution in [-0.4, -0.2) is 28.8 Å². The minimum absolute atomic E-state index is 0.307. The molecule has 1 aromatic carbocycles. The fourth-order valence-corrected chi connectivity index (χ4v) is 4.28. The number of hydrogen-bond acceptors (Lipinski definition) is 3. The Kier molecular flexibility index (Phi) is 4.11. The molecule has 126 valence electrons. The van der Waals surface area contributed by atoms with Crippen LogP contribution in [0.2, 0.25) is 19.6 Å². The van der Waals surface area contributed by atoms with E-state index in [1.165, 1.54) is 3.58 Å². The van der Waals surface area contributed by atoms with Crippen molar-refractivity contribution in [3.05, 3.63) is 63.9 Å². The first kappa shape index (κ1) is 16.7. The molecule has 1 atom stereocenters. The molecule has 0 spiro atoms. The fraction of sp³-hybridized carbons (Fsp3) is 0.211. The Morgan fingerprint density at radius 2 is 1.80 bits per heavy atom. The van der Waals surface area contributed by atoms with Crippen molar-refractivity contribution in [2.45, 2.75) is 19.6 Å². The zero-order valence-corrected chi connectivity index (χ0v) is 17.6. The summed E-state index contributed by atoms with van der Waals surface area (Å²) in [7, 11) is -1.43. The smallest absolute Gasteiger partial charge is 0.106 e. The fourth-order valence-electron chi connectivity index (χ4n) is 2.86. The maximum atomic E-state index is 4.77. The molecular formula is C19H19IN4Si. The third-order valence-corrected chi connectivity index (χ3v) is 6.86. The summed E-state index contributed by atoms with van der Waals surface area (Å²) in [6, 6.07) is 8.38. The quantitative estimate of drug-likeness (QED) is 0.513. The van der Waals surface area contributed by atoms with E-state index in [0.29, 0.717) is 5.92 Å². The Morgan fingerprint density at radius 1 is 1.04 bits per heavy atom. The molecule has 1 aromatic heterocycles. The number of halogens is 1. The minimum Gasteiger partial charge on any atom is -0.252 e. The molecule has 0 bridgehead atoms. The highest BCUT2D eigenvalue weighted by molar-refractivity contribution is 14.1. The third-order valence-electron chi connectivity index (χ3n) is 4.37. The number of allylic oxidation sites excluding steroid dienone is 5. The first-order valence-corrected chi connectivity index (χ1v) is 12.9. The van der Waals surface area contributed by atoms with Gasteiger partial charge in [-0.25, -0.2) is 4.68 Å². The summed E-state index contributed by atoms with van der Waals surface area (Å²) >= 11 is 2.35. The standard InChI is InChI=1S/C19H19IN4Si/c1-25(2,3)19-12-24(23-22-19)16-7-4-13(5-8-16)18-11-14-10-15(20)6-9-17(14)21-18/h4-12,14H,1-3H3. The van der Waals surface area contributed by atoms with Gasteiger partial charge in [-0.15, -0.1) is 5.10 Å². The van der Waals surface area contributed by atoms with Gasteiger partial charge in [-0.05, 0) is 58.5 Å². The summed E-state index contributed by atoms with van der Waals surface area (Å²) in [5.41, 5.74) is 4.32. The Hall–Kier alpha value is -1.80. The van der Waals surface area contributed by atoms with Gasteiger partial charge in [-0.1, -0.05) is 43.1 Å². The van der Waals surface area contributed by atoms with Gasteiger partial charge in [0.15, 0.2) is 0 Å². The van der Waals surface area contributed by atoms with Gasteiger partial charge in [0, 0.05) is 15.7 Å². The minimum atomic E-state index is -1.43. The van der Waals surface area contributed by atoms with Crippen molar-refractivity contribution in [3.63, 3.8) is 0 Å². The van der Waals surface area contributed by atoms with E-state index in [1.54, 1.807) is 0 Å². The van der Waals surface area contributed by atoms with Crippen LogP contribution >= 0.6 is 22.6 Å². The van der Waals surface area contributed by atoms with Crippen LogP contribution in [0.25, 0.3) is 11.4 Å². The van der Waals surface area contributed by atoms with Gasteiger partial charge in [0.2, 0.25) is 0 Å². The highest BCUT2D eigenvalue weighted by Crippen LogP contribution is 2.31. The second kappa shape index (κ2) is 6.17. The van der Waals surface area contributed by atoms with E-state index in [4.69, 9.17) is 4.99 Å². The Bertz CT molecular complexity index is 943. The number of aromatic nitrogens is 3. The van der Waals surface area contributed by atoms with Crippen LogP contribution in [-0.2, 0) is 0 Å². The van der Waals surface area contributed by atoms with Crippen molar-refractivity contribution in [3.8, 4) is 5.69 Å². The number of rotatable bonds is 3. The molecule has 0 radical (unpaired) electrons. The zero-order valence-electron chi connectivity index (χ0n) is 14.4. The molecule has 1 aliphatic carbocycles. The van der Waals surface area contributed by atoms with Crippen molar-refractivity contribution < 1.29 is 0 Å². The van der Waals surface area contributed by atoms with Gasteiger partial charge in [0.1, 0.15) is 8.07 Å². The molecule has 2 aliphatic rings. The van der Waals surface area contributed by atoms with Crippen LogP contribution in [0.5, 0.6) is 0 Å². The summed E-state index contributed by atoms with van der Waals surface area (Å²) in [6.45, 7) is 6.83. The Labute approximate surface area is 162 Å². The molecule has 4 nitrogen and oxygen atoms in total. The first-order chi connectivity index (χ1) is 11.9. The molecule has 4 rings (SSSR count). The number of aliphatic imine (C=N–C) groups is 1. The predicted molar refractivity (Wildman–Crippen MR) is 114 cm³/mol. The van der Waals surface area contributed by atoms with Crippen LogP contribution in [0.15, 0.2) is 63.3 Å². The van der Waals surface area contributed by atoms with Crippen molar-refractivity contribution in [2.24, 2.45) is 10.9 Å². The number of fused-ring (bicyclic) bond motifs is 1. The Balaban J connectivity index is 1.59. The van der Waals surface area contributed by atoms with E-state index in [2.05, 4.69) is 107 Å². The SMILES string of the molecule is C[Si](C)(C)c1cn(-c2ccc(C3=CC4C=C(I)C=CC4=N3)cc2)nn1. The van der Waals surface area contributed by atoms with E-state index < -0.39 is 8.07 Å². The topological polar surface area (TPSA) is 43.1 Å². The summed E-state index contributed by atoms with van der Waals surface area (Å²) in [4.78, 5) is 4.77. The molecule has 25 heavy (non-hydrogen) atoms. The normalized spacial score (nSPS) is 19.4. The van der Waals surface area contributed by atoms with Gasteiger partial charge < -0.3 is 0 Å². The van der Waals surface area contributed by atoms with Crippen molar-refractivity contribution in [1.29, 1.82) is 0 Å². The average Bonchev–Trinajstić information content (AvgIpc) is 3.21. The van der Waals surface area contributed by atoms with Gasteiger partial charge in [-0.3, -0.25) is 4.99 Å². The molecular weight excluding hydrogens is 439 g/mol. The molecule has 2 aromatic rings. The summed E-state index contributed by atoms with van der Waals surface area (Å²) in [5, 5.41) is 9.76. The lowest BCUT2D eigenvalue weighted by atomic mass is 9.99. The molecule has 1 unspecified atom stereocenters. The summed E-state index contributed by atoms with van der Waals surface area (Å²) in [6.07, 6.45) is 10.7. The zero-order chi connectivity index (χ0) is 17.6. The highest BCUT2D eigenvalue weighted by Gasteiger charge is 2.22. The molecule has 0 fully saturated rings. The van der Waals surface area contributed by atoms with Crippen LogP contribution in [0.1, 0.15) is 5.56 Å². The molecule has 0 N–H and O–H groups in total. The number of benzene rings is 1. The van der Waals surface area contributed by atoms with Gasteiger partial charge >= 0.3 is 0 Å². The van der Waals surface area contributed by atoms with Gasteiger partial charge in [0.25, 0.3) is 0 Å². The van der Waals surface area contributed by atoms with E-state index in [1.807, 2.05) is 4.68 Å². The van der Waals surface area contributed by atoms with Crippen molar-refractivity contribution in [2.75, 3.05) is 0 Å². The van der Waals surface area contributed by atoms with Crippen molar-refractivity contribution >= 4 is 47.4 Å². The lowest BCUT2D eigenvalue weighted by molar-refractivity contribution is 0.804. The monoisotopic (exact) mass is 458 g/mol. The predicted octanol–water partition coefficient (Wildman–Crippen LogP) is 4.11. The molecule has 2 heterocycles. The van der Waals surface area contributed by atoms with E-state index in [9.17, 15) is 0 Å². The molecule has 0 saturated carbocycles. The van der Waals surface area contributed by atoms with Crippen LogP contribution in [0.3, 0.4) is 0 Å². The van der Waals surface area contributed by atoms with Crippen LogP contribution in [0, 0.1) is 5.92 Å². The third kappa shape index (κ3) is 3.32. The highest BCUT2D eigenvalue weighted by atomic mass is 127. The van der Waals surface area contributed by atoms with Gasteiger partial charge in [0.05, 0.1) is 22.4 Å². The number of hydrogen-bond donors (Lipinski definition) is 0. The van der Waals surface area contributed by atoms with E-state index in [0.717, 1.165) is 28.0 Å². The van der Waals surface area contributed by atoms with Crippen molar-refractivity contribution in [1.82, 2.24) is 15.0 Å². The average molecular weight is 458 g/mol. The second-order valence-electron chi connectivity index (χ2n) is 7.34. The maximum absolute atomic E-state index is 4.77. The largest absolute Gasteiger partial charge is 0.252 e. The van der Waals surface area contributed by atoms with E-state index >= 15 is 0 Å². The lowest BCUT2D eigenvalue weighted by Crippen LogP contribution is -2.38. The van der Waals surface area contributed by atoms with Crippen LogP contribution < -0.4 is 5.32 Å². The molecule has 1 aliphatic heterocycles. The Morgan fingerprint density at radius 3 is 2.48 bits per heavy atom. The summed E-state index contributed by atoms with van der Waals surface area (Å²) in [5.74, 6) is 0.307. The summed E-state index contributed by atoms with van der Waals surface area (Å²) < 4.78 is 3.12. The molecule has 0 amide bonds. The molecule has 0 saturated heterocycles.